The standard InChI is InChI=1S/C12H7BrClN3O3/c13-9-5-7(17(19)20)1-2-11(9)16-12(18)8-6-15-4-3-10(8)14/h1-6H,(H,16,18). The zero-order chi connectivity index (χ0) is 14.7. The number of rotatable bonds is 3. The van der Waals surface area contributed by atoms with Crippen LogP contribution in [0.25, 0.3) is 0 Å². The monoisotopic (exact) mass is 355 g/mol. The van der Waals surface area contributed by atoms with Crippen LogP contribution in [0, 0.1) is 10.1 Å². The van der Waals surface area contributed by atoms with Gasteiger partial charge in [-0.2, -0.15) is 0 Å². The molecule has 0 atom stereocenters. The summed E-state index contributed by atoms with van der Waals surface area (Å²) in [6.07, 6.45) is 2.82. The molecule has 0 aliphatic carbocycles. The highest BCUT2D eigenvalue weighted by atomic mass is 79.9. The summed E-state index contributed by atoms with van der Waals surface area (Å²) >= 11 is 9.06. The first kappa shape index (κ1) is 14.4. The molecule has 1 aromatic heterocycles. The first-order chi connectivity index (χ1) is 9.49. The minimum Gasteiger partial charge on any atom is -0.321 e. The molecule has 0 saturated heterocycles. The topological polar surface area (TPSA) is 85.1 Å². The highest BCUT2D eigenvalue weighted by molar-refractivity contribution is 9.10. The number of anilines is 1. The SMILES string of the molecule is O=C(Nc1ccc([N+](=O)[O-])cc1Br)c1cnccc1Cl. The first-order valence-electron chi connectivity index (χ1n) is 5.34. The molecule has 2 aromatic rings. The Morgan fingerprint density at radius 1 is 1.40 bits per heavy atom. The van der Waals surface area contributed by atoms with Crippen LogP contribution < -0.4 is 5.32 Å². The lowest BCUT2D eigenvalue weighted by Crippen LogP contribution is -2.13. The zero-order valence-corrected chi connectivity index (χ0v) is 12.2. The summed E-state index contributed by atoms with van der Waals surface area (Å²) in [7, 11) is 0. The lowest BCUT2D eigenvalue weighted by Gasteiger charge is -2.08. The smallest absolute Gasteiger partial charge is 0.270 e. The second kappa shape index (κ2) is 5.98. The maximum atomic E-state index is 12.0. The van der Waals surface area contributed by atoms with Gasteiger partial charge in [0, 0.05) is 29.0 Å². The molecule has 6 nitrogen and oxygen atoms in total. The van der Waals surface area contributed by atoms with E-state index in [1.807, 2.05) is 0 Å². The molecule has 1 N–H and O–H groups in total. The van der Waals surface area contributed by atoms with Crippen molar-refractivity contribution in [3.05, 3.63) is 61.8 Å². The fraction of sp³-hybridized carbons (Fsp3) is 0. The Morgan fingerprint density at radius 3 is 2.75 bits per heavy atom. The van der Waals surface area contributed by atoms with Crippen LogP contribution in [0.5, 0.6) is 0 Å². The largest absolute Gasteiger partial charge is 0.321 e. The van der Waals surface area contributed by atoms with Crippen LogP contribution in [0.15, 0.2) is 41.1 Å². The van der Waals surface area contributed by atoms with Crippen molar-refractivity contribution in [3.63, 3.8) is 0 Å². The molecular formula is C12H7BrClN3O3. The number of nitrogens with one attached hydrogen (secondary N) is 1. The van der Waals surface area contributed by atoms with Crippen LogP contribution in [0.3, 0.4) is 0 Å². The van der Waals surface area contributed by atoms with Gasteiger partial charge in [-0.25, -0.2) is 0 Å². The van der Waals surface area contributed by atoms with Gasteiger partial charge in [-0.05, 0) is 28.1 Å². The molecule has 0 radical (unpaired) electrons. The lowest BCUT2D eigenvalue weighted by atomic mass is 10.2. The van der Waals surface area contributed by atoms with Crippen molar-refractivity contribution in [2.45, 2.75) is 0 Å². The van der Waals surface area contributed by atoms with Crippen molar-refractivity contribution < 1.29 is 9.72 Å². The number of non-ortho nitro benzene ring substituents is 1. The molecule has 20 heavy (non-hydrogen) atoms. The molecule has 0 spiro atoms. The number of amides is 1. The van der Waals surface area contributed by atoms with E-state index in [4.69, 9.17) is 11.6 Å². The summed E-state index contributed by atoms with van der Waals surface area (Å²) in [5.74, 6) is -0.447. The van der Waals surface area contributed by atoms with E-state index >= 15 is 0 Å². The van der Waals surface area contributed by atoms with Gasteiger partial charge in [0.25, 0.3) is 11.6 Å². The minimum absolute atomic E-state index is 0.0747. The van der Waals surface area contributed by atoms with E-state index < -0.39 is 10.8 Å². The Balaban J connectivity index is 2.25. The minimum atomic E-state index is -0.519. The second-order valence-electron chi connectivity index (χ2n) is 3.73. The summed E-state index contributed by atoms with van der Waals surface area (Å²) in [6, 6.07) is 5.54. The molecule has 0 aliphatic heterocycles. The predicted octanol–water partition coefficient (Wildman–Crippen LogP) is 3.66. The van der Waals surface area contributed by atoms with Gasteiger partial charge in [0.05, 0.1) is 21.2 Å². The number of benzene rings is 1. The number of carbonyl (C=O) groups is 1. The third-order valence-corrected chi connectivity index (χ3v) is 3.41. The molecule has 0 saturated carbocycles. The van der Waals surface area contributed by atoms with Gasteiger partial charge in [-0.3, -0.25) is 19.9 Å². The molecule has 1 aromatic carbocycles. The summed E-state index contributed by atoms with van der Waals surface area (Å²) < 4.78 is 0.403. The number of pyridine rings is 1. The maximum Gasteiger partial charge on any atom is 0.270 e. The molecule has 0 fully saturated rings. The predicted molar refractivity (Wildman–Crippen MR) is 78.0 cm³/mol. The fourth-order valence-electron chi connectivity index (χ4n) is 1.45. The Bertz CT molecular complexity index is 693. The fourth-order valence-corrected chi connectivity index (χ4v) is 2.11. The van der Waals surface area contributed by atoms with Crippen molar-refractivity contribution >= 4 is 44.8 Å². The van der Waals surface area contributed by atoms with Crippen molar-refractivity contribution in [1.82, 2.24) is 4.98 Å². The summed E-state index contributed by atoms with van der Waals surface area (Å²) in [4.78, 5) is 25.9. The number of halogens is 2. The van der Waals surface area contributed by atoms with Gasteiger partial charge >= 0.3 is 0 Å². The third kappa shape index (κ3) is 3.12. The quantitative estimate of drug-likeness (QED) is 0.672. The Kier molecular flexibility index (Phi) is 4.31. The van der Waals surface area contributed by atoms with E-state index in [0.717, 1.165) is 0 Å². The van der Waals surface area contributed by atoms with E-state index in [1.54, 1.807) is 0 Å². The van der Waals surface area contributed by atoms with E-state index in [1.165, 1.54) is 36.7 Å². The number of hydrogen-bond acceptors (Lipinski definition) is 4. The molecule has 8 heteroatoms. The Hall–Kier alpha value is -1.99. The first-order valence-corrected chi connectivity index (χ1v) is 6.51. The van der Waals surface area contributed by atoms with Crippen molar-refractivity contribution in [2.75, 3.05) is 5.32 Å². The Labute approximate surface area is 127 Å². The van der Waals surface area contributed by atoms with E-state index in [0.29, 0.717) is 10.2 Å². The third-order valence-electron chi connectivity index (χ3n) is 2.42. The van der Waals surface area contributed by atoms with Crippen molar-refractivity contribution in [2.24, 2.45) is 0 Å². The van der Waals surface area contributed by atoms with Crippen LogP contribution >= 0.6 is 27.5 Å². The number of hydrogen-bond donors (Lipinski definition) is 1. The van der Waals surface area contributed by atoms with Gasteiger partial charge in [-0.15, -0.1) is 0 Å². The molecule has 1 amide bonds. The summed E-state index contributed by atoms with van der Waals surface area (Å²) in [5.41, 5.74) is 0.550. The van der Waals surface area contributed by atoms with Gasteiger partial charge in [0.1, 0.15) is 0 Å². The molecule has 0 bridgehead atoms. The second-order valence-corrected chi connectivity index (χ2v) is 4.99. The molecule has 2 rings (SSSR count). The Morgan fingerprint density at radius 2 is 2.15 bits per heavy atom. The van der Waals surface area contributed by atoms with Gasteiger partial charge < -0.3 is 5.32 Å². The van der Waals surface area contributed by atoms with Crippen LogP contribution in [0.2, 0.25) is 5.02 Å². The number of carbonyl (C=O) groups excluding carboxylic acids is 1. The lowest BCUT2D eigenvalue weighted by molar-refractivity contribution is -0.384. The average molecular weight is 357 g/mol. The van der Waals surface area contributed by atoms with Crippen LogP contribution in [0.4, 0.5) is 11.4 Å². The maximum absolute atomic E-state index is 12.0. The molecule has 1 heterocycles. The van der Waals surface area contributed by atoms with Gasteiger partial charge in [-0.1, -0.05) is 11.6 Å². The van der Waals surface area contributed by atoms with Crippen molar-refractivity contribution in [3.8, 4) is 0 Å². The van der Waals surface area contributed by atoms with E-state index in [-0.39, 0.29) is 16.3 Å². The number of nitro benzene ring substituents is 1. The van der Waals surface area contributed by atoms with Crippen molar-refractivity contribution in [1.29, 1.82) is 0 Å². The zero-order valence-electron chi connectivity index (χ0n) is 9.84. The van der Waals surface area contributed by atoms with E-state index in [2.05, 4.69) is 26.2 Å². The average Bonchev–Trinajstić information content (AvgIpc) is 2.41. The number of nitro groups is 1. The molecule has 0 aliphatic rings. The molecule has 102 valence electrons. The number of aromatic nitrogens is 1. The van der Waals surface area contributed by atoms with Crippen LogP contribution in [0.1, 0.15) is 10.4 Å². The normalized spacial score (nSPS) is 10.1. The van der Waals surface area contributed by atoms with Gasteiger partial charge in [0.2, 0.25) is 0 Å². The van der Waals surface area contributed by atoms with Crippen LogP contribution in [-0.2, 0) is 0 Å². The van der Waals surface area contributed by atoms with E-state index in [9.17, 15) is 14.9 Å². The number of nitrogens with zero attached hydrogens (tertiary/aromatic N) is 2. The highest BCUT2D eigenvalue weighted by Gasteiger charge is 2.14. The summed E-state index contributed by atoms with van der Waals surface area (Å²) in [5, 5.41) is 13.5. The summed E-state index contributed by atoms with van der Waals surface area (Å²) in [6.45, 7) is 0. The van der Waals surface area contributed by atoms with Crippen LogP contribution in [-0.4, -0.2) is 15.8 Å². The highest BCUT2D eigenvalue weighted by Crippen LogP contribution is 2.28. The molecular weight excluding hydrogens is 350 g/mol. The molecule has 0 unspecified atom stereocenters. The van der Waals surface area contributed by atoms with Gasteiger partial charge in [0.15, 0.2) is 0 Å².